The maximum absolute atomic E-state index is 13.0. The monoisotopic (exact) mass is 432 g/mol. The summed E-state index contributed by atoms with van der Waals surface area (Å²) in [6.07, 6.45) is 0. The van der Waals surface area contributed by atoms with Crippen LogP contribution >= 0.6 is 28.1 Å². The average molecular weight is 433 g/mol. The van der Waals surface area contributed by atoms with E-state index in [0.717, 1.165) is 32.8 Å². The van der Waals surface area contributed by atoms with Crippen molar-refractivity contribution in [3.63, 3.8) is 0 Å². The van der Waals surface area contributed by atoms with Gasteiger partial charge in [-0.2, -0.15) is 5.10 Å². The van der Waals surface area contributed by atoms with Crippen LogP contribution in [0.3, 0.4) is 0 Å². The quantitative estimate of drug-likeness (QED) is 0.551. The van der Waals surface area contributed by atoms with E-state index in [9.17, 15) is 4.39 Å². The van der Waals surface area contributed by atoms with Crippen LogP contribution in [0.1, 0.15) is 17.0 Å². The van der Waals surface area contributed by atoms with Crippen LogP contribution in [-0.2, 0) is 6.54 Å². The number of thiocarbonyl (C=S) groups is 1. The molecule has 0 aliphatic heterocycles. The number of rotatable bonds is 4. The maximum Gasteiger partial charge on any atom is 0.175 e. The normalized spacial score (nSPS) is 10.6. The summed E-state index contributed by atoms with van der Waals surface area (Å²) in [7, 11) is 0. The highest BCUT2D eigenvalue weighted by Crippen LogP contribution is 2.21. The standard InChI is InChI=1S/C19H18BrFN4S/c1-12-18(20)13(2)25(24-12)11-14-4-3-5-17(10-14)23-19(26)22-16-8-6-15(21)7-9-16/h3-10H,11H2,1-2H3,(H2,22,23,26). The first-order chi connectivity index (χ1) is 12.4. The van der Waals surface area contributed by atoms with Crippen molar-refractivity contribution in [2.24, 2.45) is 0 Å². The number of hydrogen-bond donors (Lipinski definition) is 2. The van der Waals surface area contributed by atoms with E-state index in [0.29, 0.717) is 11.7 Å². The predicted octanol–water partition coefficient (Wildman–Crippen LogP) is 5.26. The molecule has 0 saturated carbocycles. The van der Waals surface area contributed by atoms with E-state index in [2.05, 4.69) is 31.7 Å². The lowest BCUT2D eigenvalue weighted by Crippen LogP contribution is -2.19. The number of nitrogens with zero attached hydrogens (tertiary/aromatic N) is 2. The Hall–Kier alpha value is -2.25. The van der Waals surface area contributed by atoms with Gasteiger partial charge in [0, 0.05) is 11.4 Å². The van der Waals surface area contributed by atoms with Crippen LogP contribution < -0.4 is 10.6 Å². The summed E-state index contributed by atoms with van der Waals surface area (Å²) in [6.45, 7) is 4.69. The highest BCUT2D eigenvalue weighted by atomic mass is 79.9. The largest absolute Gasteiger partial charge is 0.332 e. The van der Waals surface area contributed by atoms with Crippen molar-refractivity contribution in [2.45, 2.75) is 20.4 Å². The first kappa shape index (κ1) is 18.5. The van der Waals surface area contributed by atoms with Crippen LogP contribution in [0.5, 0.6) is 0 Å². The first-order valence-electron chi connectivity index (χ1n) is 8.04. The van der Waals surface area contributed by atoms with E-state index >= 15 is 0 Å². The minimum absolute atomic E-state index is 0.280. The van der Waals surface area contributed by atoms with Gasteiger partial charge in [0.2, 0.25) is 0 Å². The number of nitrogens with one attached hydrogen (secondary N) is 2. The summed E-state index contributed by atoms with van der Waals surface area (Å²) in [6, 6.07) is 14.0. The predicted molar refractivity (Wildman–Crippen MR) is 111 cm³/mol. The minimum Gasteiger partial charge on any atom is -0.332 e. The summed E-state index contributed by atoms with van der Waals surface area (Å²) in [5, 5.41) is 11.2. The van der Waals surface area contributed by atoms with Gasteiger partial charge in [-0.3, -0.25) is 4.68 Å². The van der Waals surface area contributed by atoms with Crippen molar-refractivity contribution in [1.29, 1.82) is 0 Å². The molecule has 3 aromatic rings. The summed E-state index contributed by atoms with van der Waals surface area (Å²) >= 11 is 8.88. The van der Waals surface area contributed by atoms with E-state index < -0.39 is 0 Å². The van der Waals surface area contributed by atoms with Crippen LogP contribution in [0.2, 0.25) is 0 Å². The Kier molecular flexibility index (Phi) is 5.68. The number of anilines is 2. The molecule has 4 nitrogen and oxygen atoms in total. The Morgan fingerprint density at radius 2 is 1.81 bits per heavy atom. The molecule has 3 rings (SSSR count). The molecule has 0 bridgehead atoms. The zero-order chi connectivity index (χ0) is 18.7. The van der Waals surface area contributed by atoms with Crippen LogP contribution in [0, 0.1) is 19.7 Å². The van der Waals surface area contributed by atoms with Crippen molar-refractivity contribution in [2.75, 3.05) is 10.6 Å². The Morgan fingerprint density at radius 3 is 2.46 bits per heavy atom. The second-order valence-corrected chi connectivity index (χ2v) is 7.13. The molecule has 1 heterocycles. The lowest BCUT2D eigenvalue weighted by molar-refractivity contribution is 0.628. The number of aromatic nitrogens is 2. The molecular weight excluding hydrogens is 415 g/mol. The third kappa shape index (κ3) is 4.47. The molecule has 0 radical (unpaired) electrons. The molecule has 0 aliphatic carbocycles. The number of benzene rings is 2. The molecular formula is C19H18BrFN4S. The Balaban J connectivity index is 1.67. The highest BCUT2D eigenvalue weighted by molar-refractivity contribution is 9.10. The molecule has 7 heteroatoms. The molecule has 0 fully saturated rings. The molecule has 2 aromatic carbocycles. The van der Waals surface area contributed by atoms with Gasteiger partial charge in [0.25, 0.3) is 0 Å². The summed E-state index contributed by atoms with van der Waals surface area (Å²) in [5.74, 6) is -0.280. The van der Waals surface area contributed by atoms with Gasteiger partial charge >= 0.3 is 0 Å². The zero-order valence-corrected chi connectivity index (χ0v) is 16.8. The maximum atomic E-state index is 13.0. The molecule has 26 heavy (non-hydrogen) atoms. The van der Waals surface area contributed by atoms with Crippen LogP contribution in [-0.4, -0.2) is 14.9 Å². The Morgan fingerprint density at radius 1 is 1.12 bits per heavy atom. The fraction of sp³-hybridized carbons (Fsp3) is 0.158. The smallest absolute Gasteiger partial charge is 0.175 e. The van der Waals surface area contributed by atoms with Gasteiger partial charge in [0.15, 0.2) is 5.11 Å². The minimum atomic E-state index is -0.280. The number of hydrogen-bond acceptors (Lipinski definition) is 2. The zero-order valence-electron chi connectivity index (χ0n) is 14.4. The Labute approximate surface area is 165 Å². The second kappa shape index (κ2) is 7.97. The molecule has 0 amide bonds. The third-order valence-electron chi connectivity index (χ3n) is 3.91. The SMILES string of the molecule is Cc1nn(Cc2cccc(NC(=S)Nc3ccc(F)cc3)c2)c(C)c1Br. The molecule has 0 saturated heterocycles. The molecule has 2 N–H and O–H groups in total. The molecule has 0 aliphatic rings. The van der Waals surface area contributed by atoms with Crippen molar-refractivity contribution in [1.82, 2.24) is 9.78 Å². The Bertz CT molecular complexity index is 937. The van der Waals surface area contributed by atoms with Gasteiger partial charge in [-0.15, -0.1) is 0 Å². The summed E-state index contributed by atoms with van der Waals surface area (Å²) < 4.78 is 16.0. The fourth-order valence-corrected chi connectivity index (χ4v) is 3.10. The van der Waals surface area contributed by atoms with Gasteiger partial charge in [-0.25, -0.2) is 4.39 Å². The molecule has 0 atom stereocenters. The van der Waals surface area contributed by atoms with Crippen molar-refractivity contribution in [3.05, 3.63) is 75.8 Å². The van der Waals surface area contributed by atoms with Crippen LogP contribution in [0.15, 0.2) is 53.0 Å². The van der Waals surface area contributed by atoms with E-state index in [1.54, 1.807) is 12.1 Å². The van der Waals surface area contributed by atoms with Gasteiger partial charge in [0.1, 0.15) is 5.82 Å². The van der Waals surface area contributed by atoms with Crippen LogP contribution in [0.25, 0.3) is 0 Å². The molecule has 134 valence electrons. The van der Waals surface area contributed by atoms with Gasteiger partial charge in [-0.05, 0) is 84.0 Å². The topological polar surface area (TPSA) is 41.9 Å². The van der Waals surface area contributed by atoms with Crippen molar-refractivity contribution in [3.8, 4) is 0 Å². The third-order valence-corrected chi connectivity index (χ3v) is 5.26. The number of aryl methyl sites for hydroxylation is 1. The first-order valence-corrected chi connectivity index (χ1v) is 9.24. The number of halogens is 2. The van der Waals surface area contributed by atoms with Crippen molar-refractivity contribution < 1.29 is 4.39 Å². The van der Waals surface area contributed by atoms with Gasteiger partial charge < -0.3 is 10.6 Å². The van der Waals surface area contributed by atoms with Gasteiger partial charge in [0.05, 0.1) is 22.4 Å². The summed E-state index contributed by atoms with van der Waals surface area (Å²) in [5.41, 5.74) is 4.78. The molecule has 0 unspecified atom stereocenters. The van der Waals surface area contributed by atoms with E-state index in [1.165, 1.54) is 12.1 Å². The van der Waals surface area contributed by atoms with E-state index in [4.69, 9.17) is 12.2 Å². The second-order valence-electron chi connectivity index (χ2n) is 5.93. The summed E-state index contributed by atoms with van der Waals surface area (Å²) in [4.78, 5) is 0. The fourth-order valence-electron chi connectivity index (χ4n) is 2.58. The average Bonchev–Trinajstić information content (AvgIpc) is 2.84. The van der Waals surface area contributed by atoms with Gasteiger partial charge in [-0.1, -0.05) is 12.1 Å². The lowest BCUT2D eigenvalue weighted by atomic mass is 10.2. The van der Waals surface area contributed by atoms with Crippen LogP contribution in [0.4, 0.5) is 15.8 Å². The molecule has 1 aromatic heterocycles. The van der Waals surface area contributed by atoms with E-state index in [-0.39, 0.29) is 5.82 Å². The van der Waals surface area contributed by atoms with E-state index in [1.807, 2.05) is 42.8 Å². The lowest BCUT2D eigenvalue weighted by Gasteiger charge is -2.12. The molecule has 0 spiro atoms. The highest BCUT2D eigenvalue weighted by Gasteiger charge is 2.09. The van der Waals surface area contributed by atoms with Crippen molar-refractivity contribution >= 4 is 44.6 Å².